The Bertz CT molecular complexity index is 508. The quantitative estimate of drug-likeness (QED) is 0.745. The van der Waals surface area contributed by atoms with E-state index >= 15 is 0 Å². The minimum Gasteiger partial charge on any atom is -0.466 e. The van der Waals surface area contributed by atoms with Gasteiger partial charge in [0.25, 0.3) is 0 Å². The van der Waals surface area contributed by atoms with Crippen LogP contribution in [0.3, 0.4) is 0 Å². The van der Waals surface area contributed by atoms with Crippen molar-refractivity contribution < 1.29 is 9.15 Å². The fourth-order valence-electron chi connectivity index (χ4n) is 1.25. The molecule has 0 aliphatic heterocycles. The molecule has 0 atom stereocenters. The Labute approximate surface area is 87.5 Å². The monoisotopic (exact) mass is 199 g/mol. The maximum Gasteiger partial charge on any atom is 0.168 e. The second-order valence-electron chi connectivity index (χ2n) is 3.05. The molecule has 2 rings (SSSR count). The van der Waals surface area contributed by atoms with Crippen LogP contribution >= 0.6 is 0 Å². The highest BCUT2D eigenvalue weighted by Crippen LogP contribution is 2.27. The molecule has 0 fully saturated rings. The molecule has 2 aromatic rings. The highest BCUT2D eigenvalue weighted by molar-refractivity contribution is 5.45. The van der Waals surface area contributed by atoms with Gasteiger partial charge < -0.3 is 9.15 Å². The summed E-state index contributed by atoms with van der Waals surface area (Å²) in [7, 11) is 0. The third kappa shape index (κ3) is 1.84. The van der Waals surface area contributed by atoms with Gasteiger partial charge in [-0.2, -0.15) is 5.26 Å². The summed E-state index contributed by atoms with van der Waals surface area (Å²) >= 11 is 0. The zero-order valence-corrected chi connectivity index (χ0v) is 8.23. The molecular formula is C12H9NO2. The van der Waals surface area contributed by atoms with Crippen LogP contribution in [0.15, 0.2) is 41.0 Å². The zero-order valence-electron chi connectivity index (χ0n) is 8.23. The normalized spacial score (nSPS) is 9.60. The van der Waals surface area contributed by atoms with E-state index < -0.39 is 0 Å². The summed E-state index contributed by atoms with van der Waals surface area (Å²) in [6.45, 7) is 1.81. The van der Waals surface area contributed by atoms with Crippen molar-refractivity contribution in [3.8, 4) is 17.6 Å². The topological polar surface area (TPSA) is 46.2 Å². The minimum atomic E-state index is 0.512. The highest BCUT2D eigenvalue weighted by atomic mass is 16.5. The van der Waals surface area contributed by atoms with Crippen LogP contribution in [0.4, 0.5) is 0 Å². The van der Waals surface area contributed by atoms with E-state index in [0.717, 1.165) is 0 Å². The van der Waals surface area contributed by atoms with Crippen LogP contribution in [-0.4, -0.2) is 0 Å². The molecule has 0 amide bonds. The third-order valence-electron chi connectivity index (χ3n) is 2.04. The maximum atomic E-state index is 8.86. The number of aryl methyl sites for hydroxylation is 1. The largest absolute Gasteiger partial charge is 0.466 e. The van der Waals surface area contributed by atoms with Crippen molar-refractivity contribution in [2.24, 2.45) is 0 Å². The predicted octanol–water partition coefficient (Wildman–Crippen LogP) is 3.25. The van der Waals surface area contributed by atoms with Crippen molar-refractivity contribution >= 4 is 0 Å². The number of nitriles is 1. The van der Waals surface area contributed by atoms with Gasteiger partial charge in [-0.05, 0) is 19.1 Å². The van der Waals surface area contributed by atoms with Crippen LogP contribution in [0.2, 0.25) is 0 Å². The molecule has 15 heavy (non-hydrogen) atoms. The average Bonchev–Trinajstić information content (AvgIpc) is 2.65. The van der Waals surface area contributed by atoms with Gasteiger partial charge in [-0.25, -0.2) is 0 Å². The molecule has 0 unspecified atom stereocenters. The lowest BCUT2D eigenvalue weighted by molar-refractivity contribution is 0.450. The lowest BCUT2D eigenvalue weighted by Gasteiger charge is -2.04. The summed E-state index contributed by atoms with van der Waals surface area (Å²) < 4.78 is 10.7. The number of rotatable bonds is 2. The van der Waals surface area contributed by atoms with Gasteiger partial charge in [0.1, 0.15) is 17.6 Å². The molecule has 0 radical (unpaired) electrons. The van der Waals surface area contributed by atoms with Gasteiger partial charge in [0.2, 0.25) is 0 Å². The van der Waals surface area contributed by atoms with Crippen molar-refractivity contribution in [2.75, 3.05) is 0 Å². The summed E-state index contributed by atoms with van der Waals surface area (Å²) in [5, 5.41) is 8.86. The van der Waals surface area contributed by atoms with Gasteiger partial charge in [-0.3, -0.25) is 0 Å². The number of hydrogen-bond donors (Lipinski definition) is 0. The molecule has 0 N–H and O–H groups in total. The zero-order chi connectivity index (χ0) is 10.7. The molecule has 1 heterocycles. The van der Waals surface area contributed by atoms with Crippen LogP contribution in [0.5, 0.6) is 11.5 Å². The minimum absolute atomic E-state index is 0.512. The van der Waals surface area contributed by atoms with Crippen LogP contribution in [0.1, 0.15) is 11.3 Å². The van der Waals surface area contributed by atoms with Crippen molar-refractivity contribution in [1.82, 2.24) is 0 Å². The molecule has 0 saturated heterocycles. The van der Waals surface area contributed by atoms with Gasteiger partial charge >= 0.3 is 0 Å². The number of nitrogens with zero attached hydrogens (tertiary/aromatic N) is 1. The molecule has 1 aromatic carbocycles. The molecule has 0 spiro atoms. The molecule has 0 aliphatic rings. The molecule has 3 heteroatoms. The van der Waals surface area contributed by atoms with Crippen LogP contribution < -0.4 is 4.74 Å². The van der Waals surface area contributed by atoms with Gasteiger partial charge in [-0.15, -0.1) is 0 Å². The van der Waals surface area contributed by atoms with Gasteiger partial charge in [0, 0.05) is 6.07 Å². The first-order valence-electron chi connectivity index (χ1n) is 4.52. The van der Waals surface area contributed by atoms with Crippen molar-refractivity contribution in [1.29, 1.82) is 5.26 Å². The fraction of sp³-hybridized carbons (Fsp3) is 0.0833. The Hall–Kier alpha value is -2.21. The van der Waals surface area contributed by atoms with E-state index in [-0.39, 0.29) is 0 Å². The molecule has 0 bridgehead atoms. The second-order valence-corrected chi connectivity index (χ2v) is 3.05. The molecule has 1 aromatic heterocycles. The molecule has 0 saturated carbocycles. The van der Waals surface area contributed by atoms with Crippen LogP contribution in [0, 0.1) is 18.3 Å². The van der Waals surface area contributed by atoms with Gasteiger partial charge in [-0.1, -0.05) is 12.1 Å². The van der Waals surface area contributed by atoms with E-state index in [1.54, 1.807) is 30.5 Å². The number of benzene rings is 1. The molecule has 3 nitrogen and oxygen atoms in total. The average molecular weight is 199 g/mol. The van der Waals surface area contributed by atoms with E-state index in [4.69, 9.17) is 14.4 Å². The number of ether oxygens (including phenoxy) is 1. The summed E-state index contributed by atoms with van der Waals surface area (Å²) in [6, 6.07) is 10.9. The van der Waals surface area contributed by atoms with Crippen LogP contribution in [-0.2, 0) is 0 Å². The highest BCUT2D eigenvalue weighted by Gasteiger charge is 2.06. The Morgan fingerprint density at radius 1 is 1.20 bits per heavy atom. The first kappa shape index (κ1) is 9.35. The predicted molar refractivity (Wildman–Crippen MR) is 54.7 cm³/mol. The van der Waals surface area contributed by atoms with E-state index in [0.29, 0.717) is 22.8 Å². The van der Waals surface area contributed by atoms with Crippen molar-refractivity contribution in [3.05, 3.63) is 47.9 Å². The number of furan rings is 1. The Morgan fingerprint density at radius 3 is 2.67 bits per heavy atom. The summed E-state index contributed by atoms with van der Waals surface area (Å²) in [5.74, 6) is 1.88. The smallest absolute Gasteiger partial charge is 0.168 e. The van der Waals surface area contributed by atoms with E-state index in [2.05, 4.69) is 6.07 Å². The summed E-state index contributed by atoms with van der Waals surface area (Å²) in [4.78, 5) is 0. The Morgan fingerprint density at radius 2 is 2.00 bits per heavy atom. The first-order valence-corrected chi connectivity index (χ1v) is 4.52. The molecule has 74 valence electrons. The number of para-hydroxylation sites is 1. The lowest BCUT2D eigenvalue weighted by Crippen LogP contribution is -1.87. The fourth-order valence-corrected chi connectivity index (χ4v) is 1.25. The maximum absolute atomic E-state index is 8.86. The Balaban J connectivity index is 2.33. The number of hydrogen-bond acceptors (Lipinski definition) is 3. The van der Waals surface area contributed by atoms with E-state index in [9.17, 15) is 0 Å². The van der Waals surface area contributed by atoms with Crippen LogP contribution in [0.25, 0.3) is 0 Å². The third-order valence-corrected chi connectivity index (χ3v) is 2.04. The van der Waals surface area contributed by atoms with E-state index in [1.165, 1.54) is 0 Å². The molecular weight excluding hydrogens is 190 g/mol. The van der Waals surface area contributed by atoms with Gasteiger partial charge in [0.15, 0.2) is 5.75 Å². The van der Waals surface area contributed by atoms with Crippen molar-refractivity contribution in [2.45, 2.75) is 6.92 Å². The van der Waals surface area contributed by atoms with Crippen molar-refractivity contribution in [3.63, 3.8) is 0 Å². The lowest BCUT2D eigenvalue weighted by atomic mass is 10.2. The van der Waals surface area contributed by atoms with E-state index in [1.807, 2.05) is 13.0 Å². The second kappa shape index (κ2) is 3.89. The molecule has 0 aliphatic carbocycles. The summed E-state index contributed by atoms with van der Waals surface area (Å²) in [6.07, 6.45) is 1.56. The standard InChI is InChI=1S/C12H9NO2/c1-9-11(6-7-14-9)15-12-5-3-2-4-10(12)8-13/h2-7H,1H3. The SMILES string of the molecule is Cc1occc1Oc1ccccc1C#N. The Kier molecular flexibility index (Phi) is 2.42. The van der Waals surface area contributed by atoms with Gasteiger partial charge in [0.05, 0.1) is 11.8 Å². The first-order chi connectivity index (χ1) is 7.31. The summed E-state index contributed by atoms with van der Waals surface area (Å²) in [5.41, 5.74) is 0.512.